The molecule has 0 fully saturated rings. The molecule has 1 heterocycles. The largest absolute Gasteiger partial charge is 0.508 e. The number of rotatable bonds is 0. The van der Waals surface area contributed by atoms with E-state index in [9.17, 15) is 5.11 Å². The average Bonchev–Trinajstić information content (AvgIpc) is 2.67. The third-order valence-electron chi connectivity index (χ3n) is 2.98. The summed E-state index contributed by atoms with van der Waals surface area (Å²) >= 11 is 0. The van der Waals surface area contributed by atoms with E-state index in [2.05, 4.69) is 4.98 Å². The van der Waals surface area contributed by atoms with Crippen LogP contribution >= 0.6 is 0 Å². The number of fused-ring (bicyclic) bond motifs is 3. The van der Waals surface area contributed by atoms with Crippen molar-refractivity contribution in [3.05, 3.63) is 29.5 Å². The van der Waals surface area contributed by atoms with E-state index in [1.165, 1.54) is 11.3 Å². The summed E-state index contributed by atoms with van der Waals surface area (Å²) in [5.74, 6) is 0.304. The third-order valence-corrected chi connectivity index (χ3v) is 2.98. The van der Waals surface area contributed by atoms with Crippen molar-refractivity contribution in [3.63, 3.8) is 0 Å². The Morgan fingerprint density at radius 2 is 2.29 bits per heavy atom. The van der Waals surface area contributed by atoms with Crippen LogP contribution in [0.3, 0.4) is 0 Å². The molecule has 3 rings (SSSR count). The molecule has 1 unspecified atom stereocenters. The number of hydrogen-bond donors (Lipinski definition) is 3. The van der Waals surface area contributed by atoms with Crippen molar-refractivity contribution < 1.29 is 5.11 Å². The first kappa shape index (κ1) is 7.88. The molecule has 0 amide bonds. The predicted octanol–water partition coefficient (Wildman–Crippen LogP) is 1.82. The Morgan fingerprint density at radius 1 is 1.43 bits per heavy atom. The first-order valence-electron chi connectivity index (χ1n) is 4.85. The van der Waals surface area contributed by atoms with E-state index in [-0.39, 0.29) is 6.04 Å². The van der Waals surface area contributed by atoms with Gasteiger partial charge in [-0.1, -0.05) is 0 Å². The fourth-order valence-corrected chi connectivity index (χ4v) is 2.32. The normalized spacial score (nSPS) is 20.2. The number of hydrogen-bond acceptors (Lipinski definition) is 2. The van der Waals surface area contributed by atoms with Gasteiger partial charge in [0, 0.05) is 22.6 Å². The van der Waals surface area contributed by atoms with Crippen molar-refractivity contribution in [2.45, 2.75) is 18.9 Å². The molecule has 1 aromatic carbocycles. The quantitative estimate of drug-likeness (QED) is 0.590. The SMILES string of the molecule is NC1CCc2[nH]c3ccc(O)cc3c21. The van der Waals surface area contributed by atoms with Gasteiger partial charge in [-0.3, -0.25) is 0 Å². The lowest BCUT2D eigenvalue weighted by molar-refractivity contribution is 0.476. The lowest BCUT2D eigenvalue weighted by Crippen LogP contribution is -2.04. The number of benzene rings is 1. The van der Waals surface area contributed by atoms with Crippen molar-refractivity contribution in [3.8, 4) is 5.75 Å². The van der Waals surface area contributed by atoms with E-state index < -0.39 is 0 Å². The Balaban J connectivity index is 2.38. The standard InChI is InChI=1S/C11H12N2O/c12-8-2-4-10-11(8)7-5-6(14)1-3-9(7)13-10/h1,3,5,8,13-14H,2,4,12H2. The Hall–Kier alpha value is -1.48. The number of phenolic OH excluding ortho intramolecular Hbond substituents is 1. The van der Waals surface area contributed by atoms with Crippen LogP contribution in [-0.2, 0) is 6.42 Å². The fourth-order valence-electron chi connectivity index (χ4n) is 2.32. The highest BCUT2D eigenvalue weighted by molar-refractivity contribution is 5.87. The number of nitrogens with two attached hydrogens (primary N) is 1. The van der Waals surface area contributed by atoms with Gasteiger partial charge in [0.15, 0.2) is 0 Å². The van der Waals surface area contributed by atoms with Crippen LogP contribution in [-0.4, -0.2) is 10.1 Å². The van der Waals surface area contributed by atoms with Crippen LogP contribution in [0.2, 0.25) is 0 Å². The molecular weight excluding hydrogens is 176 g/mol. The summed E-state index contributed by atoms with van der Waals surface area (Å²) in [6, 6.07) is 5.51. The summed E-state index contributed by atoms with van der Waals surface area (Å²) in [5.41, 5.74) is 9.50. The Bertz CT molecular complexity index is 501. The van der Waals surface area contributed by atoms with E-state index >= 15 is 0 Å². The zero-order valence-corrected chi connectivity index (χ0v) is 7.75. The summed E-state index contributed by atoms with van der Waals surface area (Å²) in [5, 5.41) is 10.5. The first-order valence-corrected chi connectivity index (χ1v) is 4.85. The maximum absolute atomic E-state index is 9.41. The third kappa shape index (κ3) is 0.902. The highest BCUT2D eigenvalue weighted by Crippen LogP contribution is 2.36. The zero-order chi connectivity index (χ0) is 9.71. The Kier molecular flexibility index (Phi) is 1.42. The lowest BCUT2D eigenvalue weighted by atomic mass is 10.1. The van der Waals surface area contributed by atoms with Crippen LogP contribution in [0.1, 0.15) is 23.7 Å². The minimum absolute atomic E-state index is 0.126. The lowest BCUT2D eigenvalue weighted by Gasteiger charge is -2.02. The van der Waals surface area contributed by atoms with Crippen molar-refractivity contribution in [2.24, 2.45) is 5.73 Å². The van der Waals surface area contributed by atoms with Crippen LogP contribution in [0.5, 0.6) is 5.75 Å². The van der Waals surface area contributed by atoms with Crippen LogP contribution in [0.4, 0.5) is 0 Å². The van der Waals surface area contributed by atoms with Gasteiger partial charge in [0.25, 0.3) is 0 Å². The molecule has 1 atom stereocenters. The molecule has 0 bridgehead atoms. The van der Waals surface area contributed by atoms with Crippen LogP contribution < -0.4 is 5.73 Å². The van der Waals surface area contributed by atoms with E-state index in [0.717, 1.165) is 23.7 Å². The molecule has 72 valence electrons. The molecule has 0 radical (unpaired) electrons. The van der Waals surface area contributed by atoms with Gasteiger partial charge in [-0.2, -0.15) is 0 Å². The summed E-state index contributed by atoms with van der Waals surface area (Å²) in [4.78, 5) is 3.34. The maximum atomic E-state index is 9.41. The number of nitrogens with one attached hydrogen (secondary N) is 1. The van der Waals surface area contributed by atoms with Crippen LogP contribution in [0, 0.1) is 0 Å². The molecule has 1 aliphatic rings. The van der Waals surface area contributed by atoms with E-state index in [1.807, 2.05) is 6.07 Å². The molecule has 0 aliphatic heterocycles. The van der Waals surface area contributed by atoms with Crippen LogP contribution in [0.25, 0.3) is 10.9 Å². The van der Waals surface area contributed by atoms with Gasteiger partial charge in [0.1, 0.15) is 5.75 Å². The van der Waals surface area contributed by atoms with Crippen molar-refractivity contribution >= 4 is 10.9 Å². The molecule has 0 saturated carbocycles. The molecule has 1 aromatic heterocycles. The van der Waals surface area contributed by atoms with Crippen molar-refractivity contribution in [2.75, 3.05) is 0 Å². The molecule has 3 nitrogen and oxygen atoms in total. The molecule has 2 aromatic rings. The minimum atomic E-state index is 0.126. The molecule has 0 saturated heterocycles. The molecule has 3 heteroatoms. The highest BCUT2D eigenvalue weighted by Gasteiger charge is 2.23. The minimum Gasteiger partial charge on any atom is -0.508 e. The van der Waals surface area contributed by atoms with E-state index in [1.54, 1.807) is 12.1 Å². The van der Waals surface area contributed by atoms with Gasteiger partial charge in [-0.05, 0) is 36.6 Å². The monoisotopic (exact) mass is 188 g/mol. The maximum Gasteiger partial charge on any atom is 0.116 e. The van der Waals surface area contributed by atoms with Crippen LogP contribution in [0.15, 0.2) is 18.2 Å². The number of aryl methyl sites for hydroxylation is 1. The summed E-state index contributed by atoms with van der Waals surface area (Å²) in [6.07, 6.45) is 2.03. The summed E-state index contributed by atoms with van der Waals surface area (Å²) in [6.45, 7) is 0. The van der Waals surface area contributed by atoms with Gasteiger partial charge >= 0.3 is 0 Å². The Labute approximate surface area is 81.5 Å². The second-order valence-electron chi connectivity index (χ2n) is 3.89. The second-order valence-corrected chi connectivity index (χ2v) is 3.89. The number of aromatic amines is 1. The fraction of sp³-hybridized carbons (Fsp3) is 0.273. The Morgan fingerprint density at radius 3 is 3.14 bits per heavy atom. The number of phenols is 1. The molecule has 1 aliphatic carbocycles. The van der Waals surface area contributed by atoms with E-state index in [4.69, 9.17) is 5.73 Å². The van der Waals surface area contributed by atoms with Crippen molar-refractivity contribution in [1.82, 2.24) is 4.98 Å². The highest BCUT2D eigenvalue weighted by atomic mass is 16.3. The van der Waals surface area contributed by atoms with Gasteiger partial charge in [0.05, 0.1) is 0 Å². The molecule has 0 spiro atoms. The topological polar surface area (TPSA) is 62.0 Å². The molecule has 14 heavy (non-hydrogen) atoms. The number of H-pyrrole nitrogens is 1. The zero-order valence-electron chi connectivity index (χ0n) is 7.75. The number of aromatic nitrogens is 1. The number of aromatic hydroxyl groups is 1. The van der Waals surface area contributed by atoms with Gasteiger partial charge in [-0.25, -0.2) is 0 Å². The summed E-state index contributed by atoms with van der Waals surface area (Å²) in [7, 11) is 0. The predicted molar refractivity (Wildman–Crippen MR) is 55.2 cm³/mol. The first-order chi connectivity index (χ1) is 6.75. The van der Waals surface area contributed by atoms with Gasteiger partial charge < -0.3 is 15.8 Å². The average molecular weight is 188 g/mol. The van der Waals surface area contributed by atoms with Crippen molar-refractivity contribution in [1.29, 1.82) is 0 Å². The van der Waals surface area contributed by atoms with Gasteiger partial charge in [0.2, 0.25) is 0 Å². The van der Waals surface area contributed by atoms with Gasteiger partial charge in [-0.15, -0.1) is 0 Å². The van der Waals surface area contributed by atoms with E-state index in [0.29, 0.717) is 5.75 Å². The smallest absolute Gasteiger partial charge is 0.116 e. The summed E-state index contributed by atoms with van der Waals surface area (Å²) < 4.78 is 0. The molecular formula is C11H12N2O. The second kappa shape index (κ2) is 2.51. The molecule has 4 N–H and O–H groups in total.